The van der Waals surface area contributed by atoms with Crippen molar-refractivity contribution in [2.24, 2.45) is 29.4 Å². The Morgan fingerprint density at radius 3 is 2.34 bits per heavy atom. The molecule has 2 aromatic rings. The van der Waals surface area contributed by atoms with Crippen molar-refractivity contribution in [3.05, 3.63) is 52.6 Å². The molecule has 2 fully saturated rings. The van der Waals surface area contributed by atoms with Gasteiger partial charge in [0.15, 0.2) is 34.7 Å². The molecule has 0 spiro atoms. The summed E-state index contributed by atoms with van der Waals surface area (Å²) in [7, 11) is 8.31. The number of amides is 1. The van der Waals surface area contributed by atoms with Gasteiger partial charge >= 0.3 is 0 Å². The Morgan fingerprint density at radius 1 is 1.07 bits per heavy atom. The normalized spacial score (nSPS) is 27.9. The van der Waals surface area contributed by atoms with E-state index in [0.29, 0.717) is 29.1 Å². The van der Waals surface area contributed by atoms with Crippen LogP contribution < -0.4 is 20.7 Å². The molecule has 0 saturated heterocycles. The molecule has 3 aliphatic carbocycles. The number of aliphatic hydroxyl groups is 1. The lowest BCUT2D eigenvalue weighted by Gasteiger charge is -2.52. The first-order valence-corrected chi connectivity index (χ1v) is 14.5. The molecule has 234 valence electrons. The van der Waals surface area contributed by atoms with Gasteiger partial charge in [0.2, 0.25) is 5.91 Å². The van der Waals surface area contributed by atoms with Gasteiger partial charge in [0.1, 0.15) is 11.5 Å². The minimum Gasteiger partial charge on any atom is -0.507 e. The first-order chi connectivity index (χ1) is 20.7. The number of Topliss-reactive ketones (excluding diaryl/α,β-unsaturated/α-hetero) is 4. The third-order valence-corrected chi connectivity index (χ3v) is 9.42. The minimum atomic E-state index is -2.76. The van der Waals surface area contributed by atoms with Crippen LogP contribution in [0.15, 0.2) is 30.3 Å². The van der Waals surface area contributed by atoms with E-state index in [1.54, 1.807) is 27.3 Å². The molecule has 0 aliphatic heterocycles. The lowest BCUT2D eigenvalue weighted by molar-refractivity contribution is -0.181. The van der Waals surface area contributed by atoms with Gasteiger partial charge in [-0.1, -0.05) is 18.2 Å². The first-order valence-electron chi connectivity index (χ1n) is 14.5. The number of aromatic hydroxyl groups is 1. The number of benzene rings is 2. The molecule has 0 bridgehead atoms. The van der Waals surface area contributed by atoms with Gasteiger partial charge in [-0.05, 0) is 50.6 Å². The van der Waals surface area contributed by atoms with Gasteiger partial charge < -0.3 is 30.9 Å². The Labute approximate surface area is 255 Å². The van der Waals surface area contributed by atoms with Crippen molar-refractivity contribution in [3.8, 4) is 11.5 Å². The molecule has 2 aromatic carbocycles. The van der Waals surface area contributed by atoms with Crippen LogP contribution in [0.3, 0.4) is 0 Å². The maximum Gasteiger partial charge on any atom is 0.235 e. The molecule has 2 saturated carbocycles. The van der Waals surface area contributed by atoms with Crippen molar-refractivity contribution in [3.63, 3.8) is 0 Å². The van der Waals surface area contributed by atoms with Crippen molar-refractivity contribution in [1.82, 2.24) is 10.2 Å². The van der Waals surface area contributed by atoms with E-state index >= 15 is 0 Å². The number of likely N-dealkylation sites (N-methyl/N-ethyl adjacent to an activating group) is 1. The molecule has 12 nitrogen and oxygen atoms in total. The lowest BCUT2D eigenvalue weighted by Crippen LogP contribution is -2.74. The molecule has 3 aliphatic rings. The fraction of sp³-hybridized carbons (Fsp3) is 0.469. The number of ether oxygens (including phenoxy) is 1. The number of nitrogens with one attached hydrogen (secondary N) is 1. The summed E-state index contributed by atoms with van der Waals surface area (Å²) in [5.74, 6) is -9.94. The van der Waals surface area contributed by atoms with Crippen LogP contribution in [0.2, 0.25) is 0 Å². The standard InChI is InChI=1S/C32H38N4O8/c1-35(2)20-12-17(14-34-13-15-8-6-7-9-21(15)44-5)26(37)23-18(20)10-16-11-19-25(36(3)4)28(39)24(31(33)42)30(41)32(19,43)29(40)22(16)27(23)38/h6-9,12,16,19,22,24-25,34,37,43H,10-11,13-14H2,1-5H3,(H2,33,42)/t16?,19?,22?,24?,25?,32-/m0/s1. The number of para-hydroxylation sites is 1. The molecule has 0 heterocycles. The second-order valence-corrected chi connectivity index (χ2v) is 12.4. The number of nitrogens with two attached hydrogens (primary N) is 1. The highest BCUT2D eigenvalue weighted by Crippen LogP contribution is 2.52. The zero-order chi connectivity index (χ0) is 32.2. The Hall–Kier alpha value is -4.13. The van der Waals surface area contributed by atoms with E-state index in [4.69, 9.17) is 10.5 Å². The van der Waals surface area contributed by atoms with Crippen molar-refractivity contribution < 1.29 is 38.9 Å². The van der Waals surface area contributed by atoms with Crippen LogP contribution in [-0.4, -0.2) is 91.1 Å². The number of anilines is 1. The number of carbonyl (C=O) groups excluding carboxylic acids is 5. The maximum absolute atomic E-state index is 14.2. The number of ketones is 4. The van der Waals surface area contributed by atoms with Crippen LogP contribution in [0.25, 0.3) is 0 Å². The van der Waals surface area contributed by atoms with Crippen LogP contribution in [-0.2, 0) is 38.7 Å². The van der Waals surface area contributed by atoms with E-state index in [1.165, 1.54) is 4.90 Å². The second-order valence-electron chi connectivity index (χ2n) is 12.4. The van der Waals surface area contributed by atoms with Crippen molar-refractivity contribution in [1.29, 1.82) is 0 Å². The zero-order valence-electron chi connectivity index (χ0n) is 25.4. The summed E-state index contributed by atoms with van der Waals surface area (Å²) >= 11 is 0. The van der Waals surface area contributed by atoms with E-state index in [9.17, 15) is 34.2 Å². The first kappa shape index (κ1) is 31.3. The molecule has 0 radical (unpaired) electrons. The van der Waals surface area contributed by atoms with Gasteiger partial charge in [0.25, 0.3) is 0 Å². The van der Waals surface area contributed by atoms with Crippen LogP contribution in [0.4, 0.5) is 5.69 Å². The van der Waals surface area contributed by atoms with Gasteiger partial charge in [0, 0.05) is 49.9 Å². The van der Waals surface area contributed by atoms with Gasteiger partial charge in [-0.25, -0.2) is 0 Å². The molecular formula is C32H38N4O8. The summed E-state index contributed by atoms with van der Waals surface area (Å²) in [6.45, 7) is 0.600. The summed E-state index contributed by atoms with van der Waals surface area (Å²) in [6, 6.07) is 8.14. The quantitative estimate of drug-likeness (QED) is 0.302. The fourth-order valence-electron chi connectivity index (χ4n) is 7.42. The van der Waals surface area contributed by atoms with Crippen LogP contribution in [0, 0.1) is 23.7 Å². The molecular weight excluding hydrogens is 568 g/mol. The Morgan fingerprint density at radius 2 is 1.73 bits per heavy atom. The van der Waals surface area contributed by atoms with Crippen LogP contribution in [0.1, 0.15) is 33.5 Å². The third-order valence-electron chi connectivity index (χ3n) is 9.42. The molecule has 0 aromatic heterocycles. The van der Waals surface area contributed by atoms with Gasteiger partial charge in [-0.2, -0.15) is 0 Å². The van der Waals surface area contributed by atoms with E-state index in [1.807, 2.05) is 43.3 Å². The van der Waals surface area contributed by atoms with Gasteiger partial charge in [-0.15, -0.1) is 0 Å². The summed E-state index contributed by atoms with van der Waals surface area (Å²) in [5, 5.41) is 26.5. The summed E-state index contributed by atoms with van der Waals surface area (Å²) in [5.41, 5.74) is 5.16. The number of fused-ring (bicyclic) bond motifs is 3. The zero-order valence-corrected chi connectivity index (χ0v) is 25.4. The summed E-state index contributed by atoms with van der Waals surface area (Å²) in [6.07, 6.45) is 0.196. The average molecular weight is 607 g/mol. The number of phenols is 1. The predicted molar refractivity (Wildman–Crippen MR) is 159 cm³/mol. The fourth-order valence-corrected chi connectivity index (χ4v) is 7.42. The topological polar surface area (TPSA) is 180 Å². The van der Waals surface area contributed by atoms with E-state index in [2.05, 4.69) is 5.32 Å². The third kappa shape index (κ3) is 4.68. The Bertz CT molecular complexity index is 1570. The highest BCUT2D eigenvalue weighted by atomic mass is 16.5. The summed E-state index contributed by atoms with van der Waals surface area (Å²) < 4.78 is 5.41. The predicted octanol–water partition coefficient (Wildman–Crippen LogP) is 0.231. The van der Waals surface area contributed by atoms with Crippen molar-refractivity contribution >= 4 is 34.7 Å². The average Bonchev–Trinajstić information content (AvgIpc) is 2.95. The minimum absolute atomic E-state index is 0.000257. The smallest absolute Gasteiger partial charge is 0.235 e. The second kappa shape index (κ2) is 11.4. The van der Waals surface area contributed by atoms with E-state index in [0.717, 1.165) is 5.56 Å². The molecule has 6 atom stereocenters. The molecule has 12 heteroatoms. The monoisotopic (exact) mass is 606 g/mol. The SMILES string of the molecule is COc1ccccc1CNCc1cc(N(C)C)c2c(c1O)C(=O)C1C(=O)[C@]3(O)C(=O)C(C(N)=O)C(=O)C(N(C)C)C3CC1C2. The Kier molecular flexibility index (Phi) is 8.12. The molecule has 1 amide bonds. The number of hydrogen-bond acceptors (Lipinski definition) is 11. The molecule has 5 unspecified atom stereocenters. The van der Waals surface area contributed by atoms with Crippen molar-refractivity contribution in [2.75, 3.05) is 40.2 Å². The molecule has 5 N–H and O–H groups in total. The van der Waals surface area contributed by atoms with Crippen LogP contribution in [0.5, 0.6) is 11.5 Å². The van der Waals surface area contributed by atoms with E-state index in [-0.39, 0.29) is 30.7 Å². The van der Waals surface area contributed by atoms with Crippen LogP contribution >= 0.6 is 0 Å². The number of primary amides is 1. The lowest BCUT2D eigenvalue weighted by atomic mass is 9.52. The van der Waals surface area contributed by atoms with Gasteiger partial charge in [-0.3, -0.25) is 28.9 Å². The summed E-state index contributed by atoms with van der Waals surface area (Å²) in [4.78, 5) is 70.5. The number of rotatable bonds is 8. The number of phenolic OH excluding ortho intramolecular Hbond substituents is 1. The highest BCUT2D eigenvalue weighted by Gasteiger charge is 2.69. The van der Waals surface area contributed by atoms with Crippen molar-refractivity contribution in [2.45, 2.75) is 37.6 Å². The van der Waals surface area contributed by atoms with E-state index < -0.39 is 64.4 Å². The Balaban J connectivity index is 1.54. The highest BCUT2D eigenvalue weighted by molar-refractivity contribution is 6.32. The number of nitrogens with zero attached hydrogens (tertiary/aromatic N) is 2. The molecule has 5 rings (SSSR count). The number of methoxy groups -OCH3 is 1. The molecule has 44 heavy (non-hydrogen) atoms. The number of carbonyl (C=O) groups is 5. The number of hydrogen-bond donors (Lipinski definition) is 4. The largest absolute Gasteiger partial charge is 0.507 e. The van der Waals surface area contributed by atoms with Gasteiger partial charge in [0.05, 0.1) is 24.6 Å². The maximum atomic E-state index is 14.2.